The highest BCUT2D eigenvalue weighted by Crippen LogP contribution is 2.22. The molecule has 1 aromatic rings. The minimum Gasteiger partial charge on any atom is -0.380 e. The number of halogens is 1. The van der Waals surface area contributed by atoms with Gasteiger partial charge < -0.3 is 9.64 Å². The molecule has 2 aliphatic rings. The van der Waals surface area contributed by atoms with Crippen molar-refractivity contribution >= 4 is 17.4 Å². The van der Waals surface area contributed by atoms with Gasteiger partial charge in [-0.25, -0.2) is 9.97 Å². The summed E-state index contributed by atoms with van der Waals surface area (Å²) in [5.74, 6) is 0.925. The van der Waals surface area contributed by atoms with Crippen LogP contribution in [0.25, 0.3) is 0 Å². The van der Waals surface area contributed by atoms with E-state index in [4.69, 9.17) is 16.3 Å². The minimum atomic E-state index is 0.504. The molecule has 3 heterocycles. The first-order valence-electron chi connectivity index (χ1n) is 6.80. The Morgan fingerprint density at radius 1 is 1.37 bits per heavy atom. The summed E-state index contributed by atoms with van der Waals surface area (Å²) >= 11 is 5.93. The lowest BCUT2D eigenvalue weighted by Crippen LogP contribution is -2.55. The third-order valence-electron chi connectivity index (χ3n) is 4.00. The molecule has 0 unspecified atom stereocenters. The Morgan fingerprint density at radius 3 is 2.95 bits per heavy atom. The van der Waals surface area contributed by atoms with Gasteiger partial charge in [-0.1, -0.05) is 11.6 Å². The van der Waals surface area contributed by atoms with E-state index in [2.05, 4.69) is 26.7 Å². The van der Waals surface area contributed by atoms with Gasteiger partial charge in [-0.05, 0) is 13.3 Å². The first kappa shape index (κ1) is 13.1. The fourth-order valence-electron chi connectivity index (χ4n) is 3.00. The van der Waals surface area contributed by atoms with Gasteiger partial charge in [0.15, 0.2) is 0 Å². The van der Waals surface area contributed by atoms with Gasteiger partial charge in [0.2, 0.25) is 0 Å². The molecule has 6 heteroatoms. The molecule has 19 heavy (non-hydrogen) atoms. The molecule has 104 valence electrons. The van der Waals surface area contributed by atoms with Crippen LogP contribution in [0, 0.1) is 0 Å². The Morgan fingerprint density at radius 2 is 2.26 bits per heavy atom. The number of piperazine rings is 1. The lowest BCUT2D eigenvalue weighted by atomic mass is 10.1. The first-order valence-corrected chi connectivity index (χ1v) is 7.18. The van der Waals surface area contributed by atoms with Crippen LogP contribution in [0.2, 0.25) is 5.15 Å². The second-order valence-electron chi connectivity index (χ2n) is 5.25. The second-order valence-corrected chi connectivity index (χ2v) is 5.64. The maximum Gasteiger partial charge on any atom is 0.134 e. The molecule has 2 saturated heterocycles. The van der Waals surface area contributed by atoms with Crippen molar-refractivity contribution in [1.82, 2.24) is 14.9 Å². The molecule has 0 bridgehead atoms. The van der Waals surface area contributed by atoms with Crippen molar-refractivity contribution in [2.75, 3.05) is 37.7 Å². The molecular weight excluding hydrogens is 264 g/mol. The van der Waals surface area contributed by atoms with Gasteiger partial charge in [0.25, 0.3) is 0 Å². The van der Waals surface area contributed by atoms with Gasteiger partial charge in [-0.3, -0.25) is 4.90 Å². The highest BCUT2D eigenvalue weighted by Gasteiger charge is 2.31. The SMILES string of the molecule is C[C@@H]1CN(c2cc(Cl)ncn2)CCN1[C@@H]1CCOC1. The van der Waals surface area contributed by atoms with Crippen LogP contribution >= 0.6 is 11.6 Å². The van der Waals surface area contributed by atoms with Crippen LogP contribution in [0.3, 0.4) is 0 Å². The monoisotopic (exact) mass is 282 g/mol. The zero-order valence-electron chi connectivity index (χ0n) is 11.1. The molecule has 0 aromatic carbocycles. The topological polar surface area (TPSA) is 41.5 Å². The van der Waals surface area contributed by atoms with E-state index in [-0.39, 0.29) is 0 Å². The van der Waals surface area contributed by atoms with Crippen molar-refractivity contribution < 1.29 is 4.74 Å². The molecule has 0 saturated carbocycles. The molecule has 0 radical (unpaired) electrons. The number of anilines is 1. The Balaban J connectivity index is 1.66. The lowest BCUT2D eigenvalue weighted by molar-refractivity contribution is 0.105. The van der Waals surface area contributed by atoms with E-state index in [1.807, 2.05) is 6.07 Å². The van der Waals surface area contributed by atoms with Crippen LogP contribution in [-0.2, 0) is 4.74 Å². The standard InChI is InChI=1S/C13H19ClN4O/c1-10-7-17(13-6-12(14)15-9-16-13)3-4-18(10)11-2-5-19-8-11/h6,9-11H,2-5,7-8H2,1H3/t10-,11-/m1/s1. The number of rotatable bonds is 2. The summed E-state index contributed by atoms with van der Waals surface area (Å²) in [7, 11) is 0. The summed E-state index contributed by atoms with van der Waals surface area (Å²) in [6, 6.07) is 2.93. The van der Waals surface area contributed by atoms with E-state index in [1.54, 1.807) is 0 Å². The van der Waals surface area contributed by atoms with E-state index in [0.29, 0.717) is 17.2 Å². The fraction of sp³-hybridized carbons (Fsp3) is 0.692. The van der Waals surface area contributed by atoms with Gasteiger partial charge in [0.05, 0.1) is 6.61 Å². The molecular formula is C13H19ClN4O. The van der Waals surface area contributed by atoms with Gasteiger partial charge >= 0.3 is 0 Å². The number of hydrogen-bond acceptors (Lipinski definition) is 5. The zero-order valence-corrected chi connectivity index (χ0v) is 11.9. The largest absolute Gasteiger partial charge is 0.380 e. The third kappa shape index (κ3) is 2.83. The first-order chi connectivity index (χ1) is 9.24. The number of aromatic nitrogens is 2. The van der Waals surface area contributed by atoms with Crippen LogP contribution in [0.15, 0.2) is 12.4 Å². The highest BCUT2D eigenvalue weighted by atomic mass is 35.5. The molecule has 3 rings (SSSR count). The molecule has 0 N–H and O–H groups in total. The Kier molecular flexibility index (Phi) is 3.86. The molecule has 0 amide bonds. The number of ether oxygens (including phenoxy) is 1. The van der Waals surface area contributed by atoms with Crippen LogP contribution in [-0.4, -0.2) is 59.8 Å². The molecule has 1 aromatic heterocycles. The van der Waals surface area contributed by atoms with E-state index in [0.717, 1.165) is 45.1 Å². The number of nitrogens with zero attached hydrogens (tertiary/aromatic N) is 4. The van der Waals surface area contributed by atoms with Gasteiger partial charge in [0, 0.05) is 44.4 Å². The molecule has 2 atom stereocenters. The maximum absolute atomic E-state index is 5.93. The average molecular weight is 283 g/mol. The summed E-state index contributed by atoms with van der Waals surface area (Å²) in [4.78, 5) is 13.1. The molecule has 0 aliphatic carbocycles. The molecule has 5 nitrogen and oxygen atoms in total. The van der Waals surface area contributed by atoms with Gasteiger partial charge in [-0.15, -0.1) is 0 Å². The zero-order chi connectivity index (χ0) is 13.2. The van der Waals surface area contributed by atoms with Gasteiger partial charge in [0.1, 0.15) is 17.3 Å². The van der Waals surface area contributed by atoms with Crippen LogP contribution in [0.1, 0.15) is 13.3 Å². The molecule has 0 spiro atoms. The summed E-state index contributed by atoms with van der Waals surface area (Å²) in [5, 5.41) is 0.504. The van der Waals surface area contributed by atoms with Crippen molar-refractivity contribution in [3.63, 3.8) is 0 Å². The minimum absolute atomic E-state index is 0.504. The van der Waals surface area contributed by atoms with E-state index in [1.165, 1.54) is 6.33 Å². The predicted molar refractivity (Wildman–Crippen MR) is 74.6 cm³/mol. The van der Waals surface area contributed by atoms with Crippen LogP contribution < -0.4 is 4.90 Å². The Labute approximate surface area is 118 Å². The van der Waals surface area contributed by atoms with E-state index in [9.17, 15) is 0 Å². The van der Waals surface area contributed by atoms with Crippen LogP contribution in [0.4, 0.5) is 5.82 Å². The lowest BCUT2D eigenvalue weighted by Gasteiger charge is -2.43. The van der Waals surface area contributed by atoms with Crippen molar-refractivity contribution in [2.45, 2.75) is 25.4 Å². The maximum atomic E-state index is 5.93. The Bertz CT molecular complexity index is 438. The van der Waals surface area contributed by atoms with E-state index < -0.39 is 0 Å². The van der Waals surface area contributed by atoms with E-state index >= 15 is 0 Å². The molecule has 2 fully saturated rings. The number of hydrogen-bond donors (Lipinski definition) is 0. The van der Waals surface area contributed by atoms with Crippen LogP contribution in [0.5, 0.6) is 0 Å². The normalized spacial score (nSPS) is 28.8. The highest BCUT2D eigenvalue weighted by molar-refractivity contribution is 6.29. The fourth-order valence-corrected chi connectivity index (χ4v) is 3.14. The second kappa shape index (κ2) is 5.61. The average Bonchev–Trinajstić information content (AvgIpc) is 2.92. The summed E-state index contributed by atoms with van der Waals surface area (Å²) in [5.41, 5.74) is 0. The van der Waals surface area contributed by atoms with Crippen molar-refractivity contribution in [3.05, 3.63) is 17.5 Å². The molecule has 2 aliphatic heterocycles. The summed E-state index contributed by atoms with van der Waals surface area (Å²) in [6.45, 7) is 7.06. The smallest absolute Gasteiger partial charge is 0.134 e. The summed E-state index contributed by atoms with van der Waals surface area (Å²) in [6.07, 6.45) is 2.68. The summed E-state index contributed by atoms with van der Waals surface area (Å²) < 4.78 is 5.49. The predicted octanol–water partition coefficient (Wildman–Crippen LogP) is 1.43. The quantitative estimate of drug-likeness (QED) is 0.768. The Hall–Kier alpha value is -0.910. The van der Waals surface area contributed by atoms with Crippen molar-refractivity contribution in [3.8, 4) is 0 Å². The third-order valence-corrected chi connectivity index (χ3v) is 4.20. The van der Waals surface area contributed by atoms with Gasteiger partial charge in [-0.2, -0.15) is 0 Å². The van der Waals surface area contributed by atoms with Crippen molar-refractivity contribution in [2.24, 2.45) is 0 Å². The van der Waals surface area contributed by atoms with Crippen molar-refractivity contribution in [1.29, 1.82) is 0 Å².